The SMILES string of the molecule is O=C(O)c1cccc2c1OB(O)C(NC(=O)C(NC(=O)c1cccn(C(F)F)c1=O)c1ccc(P(=O)(O)O)cc1)C2. The van der Waals surface area contributed by atoms with Crippen molar-refractivity contribution in [1.29, 1.82) is 0 Å². The van der Waals surface area contributed by atoms with Gasteiger partial charge in [-0.1, -0.05) is 24.3 Å². The van der Waals surface area contributed by atoms with Crippen LogP contribution in [0.1, 0.15) is 44.4 Å². The number of pyridine rings is 1. The van der Waals surface area contributed by atoms with Gasteiger partial charge in [0.05, 0.1) is 16.8 Å². The van der Waals surface area contributed by atoms with Crippen molar-refractivity contribution in [2.45, 2.75) is 25.0 Å². The summed E-state index contributed by atoms with van der Waals surface area (Å²) in [5.41, 5.74) is -1.92. The Morgan fingerprint density at radius 1 is 1.05 bits per heavy atom. The first-order valence-corrected chi connectivity index (χ1v) is 13.4. The Morgan fingerprint density at radius 2 is 1.71 bits per heavy atom. The van der Waals surface area contributed by atoms with E-state index in [1.807, 2.05) is 0 Å². The molecule has 2 atom stereocenters. The number of hydrogen-bond donors (Lipinski definition) is 6. The van der Waals surface area contributed by atoms with E-state index in [9.17, 15) is 52.4 Å². The van der Waals surface area contributed by atoms with Crippen molar-refractivity contribution >= 4 is 37.8 Å². The van der Waals surface area contributed by atoms with Crippen LogP contribution in [0.3, 0.4) is 0 Å². The molecule has 3 aromatic rings. The number of hydrogen-bond acceptors (Lipinski definition) is 7. The number of fused-ring (bicyclic) bond motifs is 1. The van der Waals surface area contributed by atoms with Gasteiger partial charge in [-0.15, -0.1) is 0 Å². The van der Waals surface area contributed by atoms with Gasteiger partial charge in [0.25, 0.3) is 11.5 Å². The van der Waals surface area contributed by atoms with Gasteiger partial charge in [0.15, 0.2) is 0 Å². The second kappa shape index (κ2) is 11.6. The van der Waals surface area contributed by atoms with Gasteiger partial charge in [-0.3, -0.25) is 23.5 Å². The van der Waals surface area contributed by atoms with Gasteiger partial charge in [0.1, 0.15) is 17.4 Å². The minimum Gasteiger partial charge on any atom is -0.534 e. The van der Waals surface area contributed by atoms with Crippen LogP contribution in [0.4, 0.5) is 8.78 Å². The molecule has 214 valence electrons. The van der Waals surface area contributed by atoms with Crippen LogP contribution in [0.25, 0.3) is 0 Å². The van der Waals surface area contributed by atoms with Crippen molar-refractivity contribution in [3.63, 3.8) is 0 Å². The molecule has 0 aliphatic carbocycles. The lowest BCUT2D eigenvalue weighted by Gasteiger charge is -2.30. The molecule has 2 amide bonds. The summed E-state index contributed by atoms with van der Waals surface area (Å²) in [4.78, 5) is 69.0. The average Bonchev–Trinajstić information content (AvgIpc) is 2.91. The summed E-state index contributed by atoms with van der Waals surface area (Å²) in [6.07, 6.45) is 0.686. The van der Waals surface area contributed by atoms with E-state index in [0.29, 0.717) is 5.56 Å². The molecule has 1 aliphatic rings. The number of benzene rings is 2. The first kappa shape index (κ1) is 29.6. The maximum atomic E-state index is 13.4. The number of alkyl halides is 2. The number of carboxylic acid groups (broad SMARTS) is 1. The molecule has 0 bridgehead atoms. The Kier molecular flexibility index (Phi) is 8.40. The van der Waals surface area contributed by atoms with Crippen LogP contribution in [0.5, 0.6) is 5.75 Å². The lowest BCUT2D eigenvalue weighted by Crippen LogP contribution is -2.55. The summed E-state index contributed by atoms with van der Waals surface area (Å²) in [7, 11) is -6.38. The number of rotatable bonds is 8. The maximum Gasteiger partial charge on any atom is 0.547 e. The lowest BCUT2D eigenvalue weighted by atomic mass is 9.72. The number of amides is 2. The molecular weight excluding hydrogens is 570 g/mol. The predicted octanol–water partition coefficient (Wildman–Crippen LogP) is 0.355. The Hall–Kier alpha value is -4.37. The fraction of sp³-hybridized carbons (Fsp3) is 0.167. The number of carboxylic acids is 1. The smallest absolute Gasteiger partial charge is 0.534 e. The van der Waals surface area contributed by atoms with E-state index < -0.39 is 67.5 Å². The van der Waals surface area contributed by atoms with Crippen molar-refractivity contribution in [3.8, 4) is 5.75 Å². The number of aromatic nitrogens is 1. The van der Waals surface area contributed by atoms with E-state index in [2.05, 4.69) is 10.6 Å². The summed E-state index contributed by atoms with van der Waals surface area (Å²) in [6, 6.07) is 8.87. The van der Waals surface area contributed by atoms with Crippen LogP contribution in [0, 0.1) is 0 Å². The van der Waals surface area contributed by atoms with Crippen molar-refractivity contribution < 1.29 is 52.3 Å². The molecule has 2 heterocycles. The molecule has 0 saturated carbocycles. The van der Waals surface area contributed by atoms with Crippen molar-refractivity contribution in [1.82, 2.24) is 15.2 Å². The van der Waals surface area contributed by atoms with Gasteiger partial charge in [0, 0.05) is 6.20 Å². The highest BCUT2D eigenvalue weighted by molar-refractivity contribution is 7.60. The van der Waals surface area contributed by atoms with E-state index in [1.165, 1.54) is 18.2 Å². The highest BCUT2D eigenvalue weighted by Gasteiger charge is 2.39. The average molecular weight is 591 g/mol. The predicted molar refractivity (Wildman–Crippen MR) is 138 cm³/mol. The highest BCUT2D eigenvalue weighted by atomic mass is 31.2. The molecule has 2 aromatic carbocycles. The van der Waals surface area contributed by atoms with Crippen LogP contribution in [-0.2, 0) is 15.8 Å². The molecule has 0 spiro atoms. The molecule has 13 nitrogen and oxygen atoms in total. The number of aromatic carboxylic acids is 1. The van der Waals surface area contributed by atoms with Gasteiger partial charge < -0.3 is 35.2 Å². The monoisotopic (exact) mass is 591 g/mol. The molecule has 41 heavy (non-hydrogen) atoms. The van der Waals surface area contributed by atoms with E-state index in [1.54, 1.807) is 0 Å². The third kappa shape index (κ3) is 6.36. The third-order valence-corrected chi connectivity index (χ3v) is 7.18. The van der Waals surface area contributed by atoms with Gasteiger partial charge in [-0.25, -0.2) is 4.79 Å². The zero-order valence-corrected chi connectivity index (χ0v) is 21.6. The van der Waals surface area contributed by atoms with E-state index in [-0.39, 0.29) is 27.9 Å². The van der Waals surface area contributed by atoms with Gasteiger partial charge >= 0.3 is 27.2 Å². The zero-order chi connectivity index (χ0) is 30.1. The van der Waals surface area contributed by atoms with Crippen LogP contribution in [0.2, 0.25) is 0 Å². The first-order chi connectivity index (χ1) is 19.3. The molecule has 6 N–H and O–H groups in total. The standard InChI is InChI=1S/C24H21BF2N3O10P/c26-24(27)30-10-2-5-16(22(30)33)20(31)29-18(12-6-8-14(9-7-12)41(37,38)39)21(32)28-17-11-13-3-1-4-15(23(34)35)19(13)40-25(17)36/h1-10,17-18,24,36H,11H2,(H,28,32)(H,29,31)(H,34,35)(H2,37,38,39). The van der Waals surface area contributed by atoms with Crippen molar-refractivity contribution in [3.05, 3.63) is 93.4 Å². The fourth-order valence-electron chi connectivity index (χ4n) is 4.19. The van der Waals surface area contributed by atoms with Crippen LogP contribution in [0.15, 0.2) is 65.6 Å². The highest BCUT2D eigenvalue weighted by Crippen LogP contribution is 2.33. The molecule has 1 aliphatic heterocycles. The topological polar surface area (TPSA) is 204 Å². The summed E-state index contributed by atoms with van der Waals surface area (Å²) in [5.74, 6) is -4.72. The minimum atomic E-state index is -4.66. The molecule has 4 rings (SSSR count). The number of halogens is 2. The normalized spacial score (nSPS) is 15.5. The van der Waals surface area contributed by atoms with Crippen LogP contribution < -0.4 is 26.2 Å². The largest absolute Gasteiger partial charge is 0.547 e. The zero-order valence-electron chi connectivity index (χ0n) is 20.7. The Balaban J connectivity index is 1.65. The fourth-order valence-corrected chi connectivity index (χ4v) is 4.73. The second-order valence-corrected chi connectivity index (χ2v) is 10.5. The van der Waals surface area contributed by atoms with Gasteiger partial charge in [-0.2, -0.15) is 8.78 Å². The molecule has 1 aromatic heterocycles. The molecule has 0 fully saturated rings. The Bertz CT molecular complexity index is 1610. The molecule has 0 radical (unpaired) electrons. The maximum absolute atomic E-state index is 13.4. The van der Waals surface area contributed by atoms with Gasteiger partial charge in [0.2, 0.25) is 5.91 Å². The van der Waals surface area contributed by atoms with E-state index in [4.69, 9.17) is 4.65 Å². The summed E-state index contributed by atoms with van der Waals surface area (Å²) < 4.78 is 43.3. The summed E-state index contributed by atoms with van der Waals surface area (Å²) >= 11 is 0. The van der Waals surface area contributed by atoms with Crippen molar-refractivity contribution in [2.24, 2.45) is 0 Å². The lowest BCUT2D eigenvalue weighted by molar-refractivity contribution is -0.123. The quantitative estimate of drug-likeness (QED) is 0.157. The number of nitrogens with zero attached hydrogens (tertiary/aromatic N) is 1. The third-order valence-electron chi connectivity index (χ3n) is 6.21. The first-order valence-electron chi connectivity index (χ1n) is 11.7. The van der Waals surface area contributed by atoms with E-state index in [0.717, 1.165) is 42.6 Å². The molecule has 17 heteroatoms. The Labute approximate surface area is 229 Å². The minimum absolute atomic E-state index is 0.0113. The Morgan fingerprint density at radius 3 is 2.32 bits per heavy atom. The number of para-hydroxylation sites is 1. The van der Waals surface area contributed by atoms with E-state index >= 15 is 0 Å². The summed E-state index contributed by atoms with van der Waals surface area (Å²) in [6.45, 7) is -3.24. The van der Waals surface area contributed by atoms with Crippen LogP contribution >= 0.6 is 7.60 Å². The number of carbonyl (C=O) groups is 3. The molecule has 2 unspecified atom stereocenters. The summed E-state index contributed by atoms with van der Waals surface area (Å²) in [5, 5.41) is 24.2. The second-order valence-electron chi connectivity index (χ2n) is 8.88. The number of nitrogens with one attached hydrogen (secondary N) is 2. The molecule has 0 saturated heterocycles. The van der Waals surface area contributed by atoms with Gasteiger partial charge in [-0.05, 0) is 47.9 Å². The van der Waals surface area contributed by atoms with Crippen molar-refractivity contribution in [2.75, 3.05) is 0 Å². The molecular formula is C24H21BF2N3O10P. The number of carbonyl (C=O) groups excluding carboxylic acids is 2. The van der Waals surface area contributed by atoms with Crippen LogP contribution in [-0.4, -0.2) is 55.3 Å².